The molecule has 0 bridgehead atoms. The molecule has 7 rings (SSSR count). The number of pyridine rings is 2. The molecule has 2 aromatic carbocycles. The molecule has 176 valence electrons. The Labute approximate surface area is 208 Å². The van der Waals surface area contributed by atoms with E-state index in [4.69, 9.17) is 4.98 Å². The summed E-state index contributed by atoms with van der Waals surface area (Å²) in [6.07, 6.45) is 7.60. The average Bonchev–Trinajstić information content (AvgIpc) is 3.67. The number of aromatic amines is 1. The number of anilines is 1. The SMILES string of the molecule is O=C(N[C@@H]1c2ccccc2-c2c(-c3nc4ccncc4[nH]3)cccc21)c1ccnc(N2CCCC2)c1. The summed E-state index contributed by atoms with van der Waals surface area (Å²) in [4.78, 5) is 32.7. The molecule has 1 aliphatic heterocycles. The van der Waals surface area contributed by atoms with Gasteiger partial charge in [0.25, 0.3) is 5.91 Å². The lowest BCUT2D eigenvalue weighted by Crippen LogP contribution is -2.28. The summed E-state index contributed by atoms with van der Waals surface area (Å²) in [6, 6.07) is 19.8. The first-order valence-electron chi connectivity index (χ1n) is 12.3. The van der Waals surface area contributed by atoms with Gasteiger partial charge >= 0.3 is 0 Å². The van der Waals surface area contributed by atoms with Crippen LogP contribution in [0.3, 0.4) is 0 Å². The van der Waals surface area contributed by atoms with Gasteiger partial charge in [0.05, 0.1) is 23.3 Å². The maximum Gasteiger partial charge on any atom is 0.252 e. The highest BCUT2D eigenvalue weighted by atomic mass is 16.1. The predicted molar refractivity (Wildman–Crippen MR) is 140 cm³/mol. The fraction of sp³-hybridized carbons (Fsp3) is 0.172. The Bertz CT molecular complexity index is 1580. The van der Waals surface area contributed by atoms with Crippen LogP contribution in [0.5, 0.6) is 0 Å². The van der Waals surface area contributed by atoms with Crippen LogP contribution in [0, 0.1) is 0 Å². The molecule has 1 saturated heterocycles. The number of hydrogen-bond donors (Lipinski definition) is 2. The molecule has 0 unspecified atom stereocenters. The highest BCUT2D eigenvalue weighted by Gasteiger charge is 2.32. The van der Waals surface area contributed by atoms with Crippen LogP contribution in [-0.2, 0) is 0 Å². The molecule has 1 atom stereocenters. The Morgan fingerprint density at radius 3 is 2.67 bits per heavy atom. The highest BCUT2D eigenvalue weighted by Crippen LogP contribution is 2.47. The van der Waals surface area contributed by atoms with Crippen molar-refractivity contribution in [3.8, 4) is 22.5 Å². The summed E-state index contributed by atoms with van der Waals surface area (Å²) in [5, 5.41) is 3.30. The number of benzene rings is 2. The van der Waals surface area contributed by atoms with Crippen LogP contribution in [-0.4, -0.2) is 38.9 Å². The zero-order chi connectivity index (χ0) is 24.1. The van der Waals surface area contributed by atoms with Gasteiger partial charge in [-0.25, -0.2) is 9.97 Å². The minimum absolute atomic E-state index is 0.106. The van der Waals surface area contributed by atoms with Crippen molar-refractivity contribution in [3.05, 3.63) is 95.9 Å². The first-order chi connectivity index (χ1) is 17.8. The number of nitrogens with zero attached hydrogens (tertiary/aromatic N) is 4. The summed E-state index contributed by atoms with van der Waals surface area (Å²) >= 11 is 0. The van der Waals surface area contributed by atoms with Crippen molar-refractivity contribution in [1.82, 2.24) is 25.3 Å². The second-order valence-electron chi connectivity index (χ2n) is 9.34. The number of imidazole rings is 1. The number of rotatable bonds is 4. The van der Waals surface area contributed by atoms with E-state index in [0.29, 0.717) is 5.56 Å². The molecule has 0 radical (unpaired) electrons. The quantitative estimate of drug-likeness (QED) is 0.379. The third-order valence-corrected chi connectivity index (χ3v) is 7.20. The van der Waals surface area contributed by atoms with Crippen LogP contribution in [0.4, 0.5) is 5.82 Å². The summed E-state index contributed by atoms with van der Waals surface area (Å²) in [7, 11) is 0. The first-order valence-corrected chi connectivity index (χ1v) is 12.3. The van der Waals surface area contributed by atoms with Gasteiger partial charge in [-0.05, 0) is 53.3 Å². The number of fused-ring (bicyclic) bond motifs is 4. The van der Waals surface area contributed by atoms with Gasteiger partial charge in [0.15, 0.2) is 0 Å². The molecule has 7 nitrogen and oxygen atoms in total. The fourth-order valence-electron chi connectivity index (χ4n) is 5.49. The third-order valence-electron chi connectivity index (χ3n) is 7.20. The van der Waals surface area contributed by atoms with Gasteiger partial charge in [-0.15, -0.1) is 0 Å². The van der Waals surface area contributed by atoms with Gasteiger partial charge in [0.2, 0.25) is 0 Å². The van der Waals surface area contributed by atoms with E-state index >= 15 is 0 Å². The lowest BCUT2D eigenvalue weighted by atomic mass is 9.98. The summed E-state index contributed by atoms with van der Waals surface area (Å²) in [5.41, 5.74) is 7.76. The molecule has 1 fully saturated rings. The molecule has 0 spiro atoms. The largest absolute Gasteiger partial charge is 0.357 e. The minimum Gasteiger partial charge on any atom is -0.357 e. The molecule has 2 N–H and O–H groups in total. The fourth-order valence-corrected chi connectivity index (χ4v) is 5.49. The molecule has 36 heavy (non-hydrogen) atoms. The topological polar surface area (TPSA) is 86.8 Å². The van der Waals surface area contributed by atoms with E-state index in [9.17, 15) is 4.79 Å². The second kappa shape index (κ2) is 8.30. The Morgan fingerprint density at radius 2 is 1.78 bits per heavy atom. The molecule has 7 heteroatoms. The molecule has 1 aliphatic carbocycles. The van der Waals surface area contributed by atoms with Crippen molar-refractivity contribution < 1.29 is 4.79 Å². The lowest BCUT2D eigenvalue weighted by molar-refractivity contribution is 0.0943. The van der Waals surface area contributed by atoms with Gasteiger partial charge in [0, 0.05) is 36.6 Å². The van der Waals surface area contributed by atoms with Gasteiger partial charge in [-0.2, -0.15) is 0 Å². The molecule has 2 aliphatic rings. The van der Waals surface area contributed by atoms with Crippen molar-refractivity contribution in [1.29, 1.82) is 0 Å². The number of hydrogen-bond acceptors (Lipinski definition) is 5. The number of amides is 1. The van der Waals surface area contributed by atoms with Gasteiger partial charge in [0.1, 0.15) is 11.6 Å². The van der Waals surface area contributed by atoms with E-state index in [1.54, 1.807) is 24.7 Å². The maximum atomic E-state index is 13.5. The minimum atomic E-state index is -0.252. The van der Waals surface area contributed by atoms with Gasteiger partial charge < -0.3 is 15.2 Å². The van der Waals surface area contributed by atoms with Crippen molar-refractivity contribution >= 4 is 22.8 Å². The number of aromatic nitrogens is 4. The first kappa shape index (κ1) is 20.8. The van der Waals surface area contributed by atoms with Crippen LogP contribution < -0.4 is 10.2 Å². The number of H-pyrrole nitrogens is 1. The maximum absolute atomic E-state index is 13.5. The molecular weight excluding hydrogens is 448 g/mol. The normalized spacial score (nSPS) is 16.2. The van der Waals surface area contributed by atoms with Crippen molar-refractivity contribution in [3.63, 3.8) is 0 Å². The second-order valence-corrected chi connectivity index (χ2v) is 9.34. The van der Waals surface area contributed by atoms with E-state index in [1.807, 2.05) is 30.3 Å². The van der Waals surface area contributed by atoms with E-state index in [2.05, 4.69) is 49.4 Å². The van der Waals surface area contributed by atoms with Crippen LogP contribution in [0.15, 0.2) is 79.3 Å². The van der Waals surface area contributed by atoms with E-state index in [0.717, 1.165) is 76.4 Å². The summed E-state index contributed by atoms with van der Waals surface area (Å²) in [6.45, 7) is 1.98. The highest BCUT2D eigenvalue weighted by molar-refractivity contribution is 5.97. The van der Waals surface area contributed by atoms with Gasteiger partial charge in [-0.1, -0.05) is 42.5 Å². The van der Waals surface area contributed by atoms with Crippen LogP contribution in [0.25, 0.3) is 33.5 Å². The van der Waals surface area contributed by atoms with Crippen LogP contribution >= 0.6 is 0 Å². The standard InChI is InChI=1S/C29H24N6O/c36-29(18-10-13-31-25(16-18)35-14-3-4-15-35)34-27-20-7-2-1-6-19(20)26-21(27)8-5-9-22(26)28-32-23-11-12-30-17-24(23)33-28/h1-2,5-13,16-17,27H,3-4,14-15H2,(H,32,33)(H,34,36)/t27-/m1/s1. The average molecular weight is 473 g/mol. The van der Waals surface area contributed by atoms with E-state index < -0.39 is 0 Å². The summed E-state index contributed by atoms with van der Waals surface area (Å²) in [5.74, 6) is 1.56. The Hall–Kier alpha value is -4.52. The smallest absolute Gasteiger partial charge is 0.252 e. The number of nitrogens with one attached hydrogen (secondary N) is 2. The molecule has 3 aromatic heterocycles. The van der Waals surface area contributed by atoms with E-state index in [-0.39, 0.29) is 11.9 Å². The van der Waals surface area contributed by atoms with E-state index in [1.165, 1.54) is 0 Å². The number of carbonyl (C=O) groups excluding carboxylic acids is 1. The molecule has 5 aromatic rings. The Kier molecular flexibility index (Phi) is 4.80. The summed E-state index contributed by atoms with van der Waals surface area (Å²) < 4.78 is 0. The van der Waals surface area contributed by atoms with Crippen molar-refractivity contribution in [2.45, 2.75) is 18.9 Å². The Morgan fingerprint density at radius 1 is 0.944 bits per heavy atom. The Balaban J connectivity index is 1.28. The van der Waals surface area contributed by atoms with Crippen LogP contribution in [0.2, 0.25) is 0 Å². The lowest BCUT2D eigenvalue weighted by Gasteiger charge is -2.19. The predicted octanol–water partition coefficient (Wildman–Crippen LogP) is 5.12. The molecule has 1 amide bonds. The van der Waals surface area contributed by atoms with Crippen molar-refractivity contribution in [2.75, 3.05) is 18.0 Å². The van der Waals surface area contributed by atoms with Crippen LogP contribution in [0.1, 0.15) is 40.4 Å². The zero-order valence-electron chi connectivity index (χ0n) is 19.6. The van der Waals surface area contributed by atoms with Crippen molar-refractivity contribution in [2.24, 2.45) is 0 Å². The third kappa shape index (κ3) is 3.35. The molecule has 0 saturated carbocycles. The number of carbonyl (C=O) groups is 1. The monoisotopic (exact) mass is 472 g/mol. The zero-order valence-corrected chi connectivity index (χ0v) is 19.6. The van der Waals surface area contributed by atoms with Gasteiger partial charge in [-0.3, -0.25) is 9.78 Å². The molecule has 4 heterocycles. The molecular formula is C29H24N6O.